The van der Waals surface area contributed by atoms with E-state index in [9.17, 15) is 0 Å². The lowest BCUT2D eigenvalue weighted by Crippen LogP contribution is -2.09. The van der Waals surface area contributed by atoms with Crippen LogP contribution in [0.15, 0.2) is 12.1 Å². The first-order valence-electron chi connectivity index (χ1n) is 4.39. The highest BCUT2D eigenvalue weighted by molar-refractivity contribution is 6.42. The molecule has 0 fully saturated rings. The lowest BCUT2D eigenvalue weighted by molar-refractivity contribution is 0.240. The molecule has 0 saturated carbocycles. The van der Waals surface area contributed by atoms with Gasteiger partial charge in [-0.3, -0.25) is 0 Å². The third kappa shape index (κ3) is 2.77. The van der Waals surface area contributed by atoms with Gasteiger partial charge in [-0.05, 0) is 19.9 Å². The van der Waals surface area contributed by atoms with E-state index in [1.165, 1.54) is 0 Å². The fourth-order valence-electron chi connectivity index (χ4n) is 1.09. The molecule has 0 unspecified atom stereocenters. The molecule has 2 N–H and O–H groups in total. The highest BCUT2D eigenvalue weighted by Crippen LogP contribution is 2.30. The van der Waals surface area contributed by atoms with Crippen molar-refractivity contribution in [2.45, 2.75) is 26.5 Å². The Labute approximate surface area is 94.0 Å². The third-order valence-corrected chi connectivity index (χ3v) is 2.41. The minimum absolute atomic E-state index is 0.0949. The molecular weight excluding hydrogens is 221 g/mol. The molecule has 4 heteroatoms. The summed E-state index contributed by atoms with van der Waals surface area (Å²) in [5, 5.41) is 0.989. The van der Waals surface area contributed by atoms with E-state index in [4.69, 9.17) is 33.7 Å². The predicted octanol–water partition coefficient (Wildman–Crippen LogP) is 3.24. The molecule has 0 bridgehead atoms. The summed E-state index contributed by atoms with van der Waals surface area (Å²) < 4.78 is 5.55. The van der Waals surface area contributed by atoms with Crippen LogP contribution in [0.4, 0.5) is 0 Å². The number of hydrogen-bond acceptors (Lipinski definition) is 2. The summed E-state index contributed by atoms with van der Waals surface area (Å²) in [5.74, 6) is 0.705. The third-order valence-electron chi connectivity index (χ3n) is 1.69. The lowest BCUT2D eigenvalue weighted by atomic mass is 10.2. The van der Waals surface area contributed by atoms with Gasteiger partial charge in [0.1, 0.15) is 5.75 Å². The number of rotatable bonds is 3. The van der Waals surface area contributed by atoms with Crippen LogP contribution >= 0.6 is 23.2 Å². The summed E-state index contributed by atoms with van der Waals surface area (Å²) in [6, 6.07) is 3.44. The van der Waals surface area contributed by atoms with Gasteiger partial charge in [0, 0.05) is 18.2 Å². The van der Waals surface area contributed by atoms with Crippen molar-refractivity contribution in [2.75, 3.05) is 0 Å². The number of halogens is 2. The summed E-state index contributed by atoms with van der Waals surface area (Å²) in [4.78, 5) is 0. The van der Waals surface area contributed by atoms with Crippen molar-refractivity contribution in [3.05, 3.63) is 27.7 Å². The molecule has 0 spiro atoms. The minimum atomic E-state index is 0.0949. The molecule has 1 rings (SSSR count). The number of benzene rings is 1. The van der Waals surface area contributed by atoms with Crippen LogP contribution in [-0.2, 0) is 6.54 Å². The largest absolute Gasteiger partial charge is 0.491 e. The highest BCUT2D eigenvalue weighted by Gasteiger charge is 2.08. The van der Waals surface area contributed by atoms with Crippen molar-refractivity contribution in [3.8, 4) is 5.75 Å². The maximum Gasteiger partial charge on any atom is 0.125 e. The Balaban J connectivity index is 3.07. The minimum Gasteiger partial charge on any atom is -0.491 e. The van der Waals surface area contributed by atoms with E-state index in [-0.39, 0.29) is 6.10 Å². The SMILES string of the molecule is CC(C)Oc1cc(Cl)c(Cl)cc1CN. The van der Waals surface area contributed by atoms with Crippen molar-refractivity contribution in [1.82, 2.24) is 0 Å². The van der Waals surface area contributed by atoms with Gasteiger partial charge in [-0.15, -0.1) is 0 Å². The van der Waals surface area contributed by atoms with Crippen LogP contribution in [0.3, 0.4) is 0 Å². The monoisotopic (exact) mass is 233 g/mol. The van der Waals surface area contributed by atoms with E-state index < -0.39 is 0 Å². The van der Waals surface area contributed by atoms with E-state index in [1.807, 2.05) is 13.8 Å². The molecule has 0 aromatic heterocycles. The van der Waals surface area contributed by atoms with E-state index in [2.05, 4.69) is 0 Å². The lowest BCUT2D eigenvalue weighted by Gasteiger charge is -2.14. The van der Waals surface area contributed by atoms with Crippen molar-refractivity contribution < 1.29 is 4.74 Å². The second-order valence-corrected chi connectivity index (χ2v) is 4.06. The Hall–Kier alpha value is -0.440. The van der Waals surface area contributed by atoms with Crippen molar-refractivity contribution in [2.24, 2.45) is 5.73 Å². The zero-order valence-electron chi connectivity index (χ0n) is 8.18. The molecular formula is C10H13Cl2NO. The van der Waals surface area contributed by atoms with Gasteiger partial charge in [0.25, 0.3) is 0 Å². The van der Waals surface area contributed by atoms with E-state index in [0.717, 1.165) is 5.56 Å². The molecule has 2 nitrogen and oxygen atoms in total. The van der Waals surface area contributed by atoms with E-state index >= 15 is 0 Å². The molecule has 0 heterocycles. The Bertz CT molecular complexity index is 326. The Morgan fingerprint density at radius 2 is 1.86 bits per heavy atom. The van der Waals surface area contributed by atoms with Crippen LogP contribution < -0.4 is 10.5 Å². The van der Waals surface area contributed by atoms with Crippen LogP contribution in [0, 0.1) is 0 Å². The predicted molar refractivity (Wildman–Crippen MR) is 60.1 cm³/mol. The van der Waals surface area contributed by atoms with Crippen LogP contribution in [0.1, 0.15) is 19.4 Å². The fraction of sp³-hybridized carbons (Fsp3) is 0.400. The topological polar surface area (TPSA) is 35.2 Å². The zero-order chi connectivity index (χ0) is 10.7. The van der Waals surface area contributed by atoms with Crippen LogP contribution in [0.25, 0.3) is 0 Å². The van der Waals surface area contributed by atoms with Gasteiger partial charge in [-0.1, -0.05) is 23.2 Å². The van der Waals surface area contributed by atoms with Gasteiger partial charge in [0.2, 0.25) is 0 Å². The van der Waals surface area contributed by atoms with Crippen molar-refractivity contribution in [3.63, 3.8) is 0 Å². The van der Waals surface area contributed by atoms with Crippen molar-refractivity contribution in [1.29, 1.82) is 0 Å². The molecule has 1 aromatic carbocycles. The Morgan fingerprint density at radius 1 is 1.29 bits per heavy atom. The zero-order valence-corrected chi connectivity index (χ0v) is 9.69. The standard InChI is InChI=1S/C10H13Cl2NO/c1-6(2)14-10-4-9(12)8(11)3-7(10)5-13/h3-4,6H,5,13H2,1-2H3. The molecule has 0 saturated heterocycles. The molecule has 0 aliphatic rings. The summed E-state index contributed by atoms with van der Waals surface area (Å²) >= 11 is 11.7. The van der Waals surface area contributed by atoms with Gasteiger partial charge in [-0.25, -0.2) is 0 Å². The van der Waals surface area contributed by atoms with Gasteiger partial charge in [-0.2, -0.15) is 0 Å². The second kappa shape index (κ2) is 4.87. The molecule has 0 aliphatic carbocycles. The molecule has 78 valence electrons. The Kier molecular flexibility index (Phi) is 4.05. The quantitative estimate of drug-likeness (QED) is 0.871. The molecule has 0 aliphatic heterocycles. The average molecular weight is 234 g/mol. The van der Waals surface area contributed by atoms with Gasteiger partial charge in [0.15, 0.2) is 0 Å². The fourth-order valence-corrected chi connectivity index (χ4v) is 1.43. The molecule has 14 heavy (non-hydrogen) atoms. The van der Waals surface area contributed by atoms with Crippen LogP contribution in [0.5, 0.6) is 5.75 Å². The number of ether oxygens (including phenoxy) is 1. The Morgan fingerprint density at radius 3 is 2.36 bits per heavy atom. The van der Waals surface area contributed by atoms with Gasteiger partial charge in [0.05, 0.1) is 16.1 Å². The summed E-state index contributed by atoms with van der Waals surface area (Å²) in [6.07, 6.45) is 0.0949. The summed E-state index contributed by atoms with van der Waals surface area (Å²) in [7, 11) is 0. The van der Waals surface area contributed by atoms with Gasteiger partial charge >= 0.3 is 0 Å². The van der Waals surface area contributed by atoms with Crippen LogP contribution in [0.2, 0.25) is 10.0 Å². The normalized spacial score (nSPS) is 10.7. The number of nitrogens with two attached hydrogens (primary N) is 1. The first kappa shape index (κ1) is 11.6. The van der Waals surface area contributed by atoms with E-state index in [1.54, 1.807) is 12.1 Å². The summed E-state index contributed by atoms with van der Waals surface area (Å²) in [5.41, 5.74) is 6.43. The maximum atomic E-state index is 5.87. The first-order valence-corrected chi connectivity index (χ1v) is 5.14. The van der Waals surface area contributed by atoms with Gasteiger partial charge < -0.3 is 10.5 Å². The summed E-state index contributed by atoms with van der Waals surface area (Å²) in [6.45, 7) is 4.28. The average Bonchev–Trinajstić information content (AvgIpc) is 2.10. The second-order valence-electron chi connectivity index (χ2n) is 3.24. The molecule has 0 amide bonds. The molecule has 0 radical (unpaired) electrons. The highest BCUT2D eigenvalue weighted by atomic mass is 35.5. The van der Waals surface area contributed by atoms with E-state index in [0.29, 0.717) is 22.3 Å². The van der Waals surface area contributed by atoms with Crippen molar-refractivity contribution >= 4 is 23.2 Å². The smallest absolute Gasteiger partial charge is 0.125 e. The maximum absolute atomic E-state index is 5.87. The molecule has 0 atom stereocenters. The number of hydrogen-bond donors (Lipinski definition) is 1. The van der Waals surface area contributed by atoms with Crippen LogP contribution in [-0.4, -0.2) is 6.10 Å². The first-order chi connectivity index (χ1) is 6.54. The molecule has 1 aromatic rings.